The average molecular weight is 254 g/mol. The largest absolute Gasteiger partial charge is 0.468 e. The van der Waals surface area contributed by atoms with Crippen molar-refractivity contribution in [3.8, 4) is 0 Å². The van der Waals surface area contributed by atoms with Gasteiger partial charge in [-0.05, 0) is 36.5 Å². The zero-order valence-corrected chi connectivity index (χ0v) is 10.5. The average Bonchev–Trinajstić information content (AvgIpc) is 2.38. The third kappa shape index (κ3) is 2.99. The normalized spacial score (nSPS) is 24.4. The highest BCUT2D eigenvalue weighted by molar-refractivity contribution is 6.30. The summed E-state index contributed by atoms with van der Waals surface area (Å²) < 4.78 is 4.73. The maximum absolute atomic E-state index is 11.4. The molecule has 0 aromatic heterocycles. The molecule has 1 fully saturated rings. The van der Waals surface area contributed by atoms with Crippen LogP contribution in [0.2, 0.25) is 5.02 Å². The number of hydrogen-bond acceptors (Lipinski definition) is 3. The van der Waals surface area contributed by atoms with E-state index in [-0.39, 0.29) is 12.0 Å². The maximum atomic E-state index is 11.4. The molecule has 1 aliphatic rings. The molecule has 1 saturated heterocycles. The van der Waals surface area contributed by atoms with E-state index in [0.29, 0.717) is 5.92 Å². The molecule has 0 unspecified atom stereocenters. The van der Waals surface area contributed by atoms with Crippen molar-refractivity contribution >= 4 is 17.6 Å². The van der Waals surface area contributed by atoms with E-state index in [1.165, 1.54) is 12.7 Å². The minimum absolute atomic E-state index is 0.157. The first-order valence-corrected chi connectivity index (χ1v) is 6.15. The van der Waals surface area contributed by atoms with Gasteiger partial charge >= 0.3 is 5.97 Å². The van der Waals surface area contributed by atoms with Crippen molar-refractivity contribution in [3.05, 3.63) is 34.9 Å². The van der Waals surface area contributed by atoms with Gasteiger partial charge in [0.05, 0.1) is 7.11 Å². The second kappa shape index (κ2) is 5.52. The fourth-order valence-corrected chi connectivity index (χ4v) is 2.44. The van der Waals surface area contributed by atoms with Gasteiger partial charge in [-0.15, -0.1) is 0 Å². The molecular weight excluding hydrogens is 238 g/mol. The number of rotatable bonds is 2. The number of benzene rings is 1. The molecule has 0 bridgehead atoms. The molecule has 92 valence electrons. The monoisotopic (exact) mass is 253 g/mol. The highest BCUT2D eigenvalue weighted by Gasteiger charge is 2.26. The van der Waals surface area contributed by atoms with Crippen LogP contribution >= 0.6 is 11.6 Å². The number of esters is 1. The molecule has 1 aromatic carbocycles. The van der Waals surface area contributed by atoms with E-state index in [4.69, 9.17) is 16.3 Å². The van der Waals surface area contributed by atoms with Gasteiger partial charge < -0.3 is 10.1 Å². The fraction of sp³-hybridized carbons (Fsp3) is 0.462. The van der Waals surface area contributed by atoms with E-state index in [2.05, 4.69) is 11.4 Å². The summed E-state index contributed by atoms with van der Waals surface area (Å²) in [5.74, 6) is 0.254. The summed E-state index contributed by atoms with van der Waals surface area (Å²) in [6.45, 7) is 0.792. The molecule has 4 heteroatoms. The van der Waals surface area contributed by atoms with Crippen molar-refractivity contribution in [2.24, 2.45) is 0 Å². The van der Waals surface area contributed by atoms with Crippen LogP contribution in [0.25, 0.3) is 0 Å². The molecule has 1 aliphatic heterocycles. The SMILES string of the molecule is COC(=O)[C@@H]1CC[C@H](c2cccc(Cl)c2)CN1. The van der Waals surface area contributed by atoms with Crippen LogP contribution in [0, 0.1) is 0 Å². The van der Waals surface area contributed by atoms with Crippen molar-refractivity contribution in [2.45, 2.75) is 24.8 Å². The summed E-state index contributed by atoms with van der Waals surface area (Å²) in [5.41, 5.74) is 1.23. The number of carbonyl (C=O) groups is 1. The van der Waals surface area contributed by atoms with E-state index in [1.807, 2.05) is 18.2 Å². The predicted molar refractivity (Wildman–Crippen MR) is 67.2 cm³/mol. The zero-order chi connectivity index (χ0) is 12.3. The second-order valence-electron chi connectivity index (χ2n) is 4.31. The lowest BCUT2D eigenvalue weighted by Gasteiger charge is -2.28. The summed E-state index contributed by atoms with van der Waals surface area (Å²) in [4.78, 5) is 11.4. The Bertz CT molecular complexity index is 400. The summed E-state index contributed by atoms with van der Waals surface area (Å²) in [6, 6.07) is 7.75. The molecule has 0 spiro atoms. The molecule has 2 atom stereocenters. The van der Waals surface area contributed by atoms with Crippen LogP contribution in [0.1, 0.15) is 24.3 Å². The van der Waals surface area contributed by atoms with E-state index in [0.717, 1.165) is 24.4 Å². The Balaban J connectivity index is 1.97. The Hall–Kier alpha value is -1.06. The summed E-state index contributed by atoms with van der Waals surface area (Å²) in [6.07, 6.45) is 1.79. The Kier molecular flexibility index (Phi) is 4.02. The first kappa shape index (κ1) is 12.4. The molecule has 1 N–H and O–H groups in total. The smallest absolute Gasteiger partial charge is 0.322 e. The predicted octanol–water partition coefficient (Wildman–Crippen LogP) is 2.35. The van der Waals surface area contributed by atoms with Crippen LogP contribution in [0.4, 0.5) is 0 Å². The Morgan fingerprint density at radius 3 is 2.88 bits per heavy atom. The molecular formula is C13H16ClNO2. The highest BCUT2D eigenvalue weighted by Crippen LogP contribution is 2.27. The highest BCUT2D eigenvalue weighted by atomic mass is 35.5. The molecule has 2 rings (SSSR count). The van der Waals surface area contributed by atoms with Gasteiger partial charge in [-0.25, -0.2) is 0 Å². The lowest BCUT2D eigenvalue weighted by molar-refractivity contribution is -0.143. The van der Waals surface area contributed by atoms with Crippen LogP contribution < -0.4 is 5.32 Å². The van der Waals surface area contributed by atoms with Crippen LogP contribution in [0.5, 0.6) is 0 Å². The fourth-order valence-electron chi connectivity index (χ4n) is 2.24. The zero-order valence-electron chi connectivity index (χ0n) is 9.78. The Morgan fingerprint density at radius 2 is 2.29 bits per heavy atom. The van der Waals surface area contributed by atoms with Crippen LogP contribution in [0.3, 0.4) is 0 Å². The van der Waals surface area contributed by atoms with Gasteiger partial charge in [-0.1, -0.05) is 23.7 Å². The molecule has 3 nitrogen and oxygen atoms in total. The molecule has 0 amide bonds. The van der Waals surface area contributed by atoms with Crippen LogP contribution in [-0.4, -0.2) is 25.7 Å². The van der Waals surface area contributed by atoms with Gasteiger partial charge in [0.15, 0.2) is 0 Å². The minimum atomic E-state index is -0.172. The molecule has 17 heavy (non-hydrogen) atoms. The van der Waals surface area contributed by atoms with E-state index in [1.54, 1.807) is 0 Å². The van der Waals surface area contributed by atoms with Crippen molar-refractivity contribution in [1.82, 2.24) is 5.32 Å². The molecule has 1 aromatic rings. The second-order valence-corrected chi connectivity index (χ2v) is 4.75. The third-order valence-corrected chi connectivity index (χ3v) is 3.46. The number of ether oxygens (including phenoxy) is 1. The Morgan fingerprint density at radius 1 is 1.47 bits per heavy atom. The van der Waals surface area contributed by atoms with Crippen molar-refractivity contribution in [3.63, 3.8) is 0 Å². The number of methoxy groups -OCH3 is 1. The first-order valence-electron chi connectivity index (χ1n) is 5.77. The van der Waals surface area contributed by atoms with E-state index in [9.17, 15) is 4.79 Å². The number of halogens is 1. The van der Waals surface area contributed by atoms with Crippen molar-refractivity contribution in [1.29, 1.82) is 0 Å². The molecule has 0 aliphatic carbocycles. The van der Waals surface area contributed by atoms with E-state index < -0.39 is 0 Å². The van der Waals surface area contributed by atoms with Gasteiger partial charge in [0.25, 0.3) is 0 Å². The Labute approximate surface area is 106 Å². The number of hydrogen-bond donors (Lipinski definition) is 1. The molecule has 0 saturated carbocycles. The van der Waals surface area contributed by atoms with Gasteiger partial charge in [0, 0.05) is 11.6 Å². The van der Waals surface area contributed by atoms with Crippen molar-refractivity contribution < 1.29 is 9.53 Å². The number of piperidine rings is 1. The lowest BCUT2D eigenvalue weighted by Crippen LogP contribution is -2.43. The van der Waals surface area contributed by atoms with Crippen LogP contribution in [-0.2, 0) is 9.53 Å². The van der Waals surface area contributed by atoms with Gasteiger partial charge in [-0.3, -0.25) is 4.79 Å². The first-order chi connectivity index (χ1) is 8.20. The van der Waals surface area contributed by atoms with Gasteiger partial charge in [0.1, 0.15) is 6.04 Å². The molecule has 0 radical (unpaired) electrons. The van der Waals surface area contributed by atoms with Gasteiger partial charge in [-0.2, -0.15) is 0 Å². The van der Waals surface area contributed by atoms with Crippen molar-refractivity contribution in [2.75, 3.05) is 13.7 Å². The maximum Gasteiger partial charge on any atom is 0.322 e. The summed E-state index contributed by atoms with van der Waals surface area (Å²) in [5, 5.41) is 3.98. The third-order valence-electron chi connectivity index (χ3n) is 3.22. The number of nitrogens with one attached hydrogen (secondary N) is 1. The minimum Gasteiger partial charge on any atom is -0.468 e. The van der Waals surface area contributed by atoms with Gasteiger partial charge in [0.2, 0.25) is 0 Å². The van der Waals surface area contributed by atoms with E-state index >= 15 is 0 Å². The summed E-state index contributed by atoms with van der Waals surface area (Å²) in [7, 11) is 1.42. The molecule has 1 heterocycles. The van der Waals surface area contributed by atoms with Crippen LogP contribution in [0.15, 0.2) is 24.3 Å². The topological polar surface area (TPSA) is 38.3 Å². The lowest BCUT2D eigenvalue weighted by atomic mass is 9.89. The standard InChI is InChI=1S/C13H16ClNO2/c1-17-13(16)12-6-5-10(8-15-12)9-3-2-4-11(14)7-9/h2-4,7,10,12,15H,5-6,8H2,1H3/t10-,12-/m0/s1. The quantitative estimate of drug-likeness (QED) is 0.823. The summed E-state index contributed by atoms with van der Waals surface area (Å²) >= 11 is 5.97. The number of carbonyl (C=O) groups excluding carboxylic acids is 1.